The number of aryl methyl sites for hydroxylation is 2. The molecule has 0 aliphatic heterocycles. The number of aromatic nitrogens is 2. The standard InChI is InChI=1S/C14H13N3OS/c1-8-5-10(18)3-4-12(8)17-13-11-6-9(2)19-14(11)16-7-15-13/h3-7,18H,1-2H3,(H,15,16,17). The first-order chi connectivity index (χ1) is 9.13. The van der Waals surface area contributed by atoms with Crippen molar-refractivity contribution >= 4 is 33.1 Å². The van der Waals surface area contributed by atoms with E-state index in [1.807, 2.05) is 13.0 Å². The Morgan fingerprint density at radius 2 is 2.00 bits per heavy atom. The summed E-state index contributed by atoms with van der Waals surface area (Å²) in [6, 6.07) is 7.31. The minimum absolute atomic E-state index is 0.266. The van der Waals surface area contributed by atoms with Crippen LogP contribution in [0.4, 0.5) is 11.5 Å². The Hall–Kier alpha value is -2.14. The second-order valence-corrected chi connectivity index (χ2v) is 5.66. The molecule has 3 rings (SSSR count). The molecule has 19 heavy (non-hydrogen) atoms. The smallest absolute Gasteiger partial charge is 0.142 e. The monoisotopic (exact) mass is 271 g/mol. The molecule has 0 bridgehead atoms. The summed E-state index contributed by atoms with van der Waals surface area (Å²) < 4.78 is 0. The number of nitrogens with one attached hydrogen (secondary N) is 1. The van der Waals surface area contributed by atoms with E-state index < -0.39 is 0 Å². The number of nitrogens with zero attached hydrogens (tertiary/aromatic N) is 2. The summed E-state index contributed by atoms with van der Waals surface area (Å²) in [6.45, 7) is 4.00. The van der Waals surface area contributed by atoms with Crippen LogP contribution >= 0.6 is 11.3 Å². The van der Waals surface area contributed by atoms with Crippen molar-refractivity contribution in [2.45, 2.75) is 13.8 Å². The number of fused-ring (bicyclic) bond motifs is 1. The zero-order valence-corrected chi connectivity index (χ0v) is 11.5. The average Bonchev–Trinajstić information content (AvgIpc) is 2.74. The average molecular weight is 271 g/mol. The van der Waals surface area contributed by atoms with Gasteiger partial charge >= 0.3 is 0 Å². The van der Waals surface area contributed by atoms with Crippen molar-refractivity contribution in [2.75, 3.05) is 5.32 Å². The topological polar surface area (TPSA) is 58.0 Å². The lowest BCUT2D eigenvalue weighted by atomic mass is 10.2. The fourth-order valence-electron chi connectivity index (χ4n) is 1.99. The SMILES string of the molecule is Cc1cc2c(Nc3ccc(O)cc3C)ncnc2s1. The minimum Gasteiger partial charge on any atom is -0.508 e. The molecule has 0 atom stereocenters. The van der Waals surface area contributed by atoms with Crippen molar-refractivity contribution in [1.82, 2.24) is 9.97 Å². The lowest BCUT2D eigenvalue weighted by Crippen LogP contribution is -1.96. The molecule has 2 aromatic heterocycles. The summed E-state index contributed by atoms with van der Waals surface area (Å²) in [7, 11) is 0. The van der Waals surface area contributed by atoms with Crippen molar-refractivity contribution in [3.05, 3.63) is 41.0 Å². The van der Waals surface area contributed by atoms with Gasteiger partial charge in [0.1, 0.15) is 22.7 Å². The zero-order valence-electron chi connectivity index (χ0n) is 10.6. The molecular formula is C14H13N3OS. The van der Waals surface area contributed by atoms with Gasteiger partial charge in [0.2, 0.25) is 0 Å². The molecule has 3 aromatic rings. The summed E-state index contributed by atoms with van der Waals surface area (Å²) in [4.78, 5) is 10.8. The van der Waals surface area contributed by atoms with E-state index in [-0.39, 0.29) is 5.75 Å². The zero-order chi connectivity index (χ0) is 13.4. The van der Waals surface area contributed by atoms with Crippen molar-refractivity contribution < 1.29 is 5.11 Å². The molecule has 2 heterocycles. The maximum Gasteiger partial charge on any atom is 0.142 e. The molecule has 1 aromatic carbocycles. The van der Waals surface area contributed by atoms with E-state index in [1.54, 1.807) is 29.8 Å². The molecule has 5 heteroatoms. The van der Waals surface area contributed by atoms with Gasteiger partial charge in [0.25, 0.3) is 0 Å². The molecule has 4 nitrogen and oxygen atoms in total. The highest BCUT2D eigenvalue weighted by atomic mass is 32.1. The van der Waals surface area contributed by atoms with Crippen LogP contribution < -0.4 is 5.32 Å². The number of anilines is 2. The van der Waals surface area contributed by atoms with Gasteiger partial charge in [-0.3, -0.25) is 0 Å². The number of thiophene rings is 1. The highest BCUT2D eigenvalue weighted by Gasteiger charge is 2.08. The molecule has 2 N–H and O–H groups in total. The Morgan fingerprint density at radius 3 is 2.79 bits per heavy atom. The summed E-state index contributed by atoms with van der Waals surface area (Å²) in [6.07, 6.45) is 1.57. The Kier molecular flexibility index (Phi) is 2.83. The van der Waals surface area contributed by atoms with Crippen LogP contribution in [-0.4, -0.2) is 15.1 Å². The number of phenolic OH excluding ortho intramolecular Hbond substituents is 1. The van der Waals surface area contributed by atoms with Gasteiger partial charge in [0, 0.05) is 10.6 Å². The fourth-order valence-corrected chi connectivity index (χ4v) is 2.84. The molecule has 0 radical (unpaired) electrons. The maximum absolute atomic E-state index is 9.43. The van der Waals surface area contributed by atoms with E-state index in [0.29, 0.717) is 0 Å². The van der Waals surface area contributed by atoms with Crippen LogP contribution in [0.1, 0.15) is 10.4 Å². The molecular weight excluding hydrogens is 258 g/mol. The second kappa shape index (κ2) is 4.51. The van der Waals surface area contributed by atoms with Crippen molar-refractivity contribution in [2.24, 2.45) is 0 Å². The van der Waals surface area contributed by atoms with Crippen molar-refractivity contribution in [1.29, 1.82) is 0 Å². The van der Waals surface area contributed by atoms with Gasteiger partial charge in [-0.25, -0.2) is 9.97 Å². The summed E-state index contributed by atoms with van der Waals surface area (Å²) >= 11 is 1.65. The molecule has 96 valence electrons. The number of rotatable bonds is 2. The number of hydrogen-bond donors (Lipinski definition) is 2. The van der Waals surface area contributed by atoms with E-state index in [0.717, 1.165) is 27.3 Å². The lowest BCUT2D eigenvalue weighted by molar-refractivity contribution is 0.475. The number of aromatic hydroxyl groups is 1. The van der Waals surface area contributed by atoms with E-state index in [1.165, 1.54) is 4.88 Å². The van der Waals surface area contributed by atoms with E-state index in [2.05, 4.69) is 28.3 Å². The molecule has 0 aliphatic carbocycles. The Balaban J connectivity index is 2.05. The van der Waals surface area contributed by atoms with Crippen LogP contribution in [0.3, 0.4) is 0 Å². The molecule has 0 saturated carbocycles. The molecule has 0 unspecified atom stereocenters. The van der Waals surface area contributed by atoms with Gasteiger partial charge in [-0.15, -0.1) is 11.3 Å². The third-order valence-electron chi connectivity index (χ3n) is 2.92. The third-order valence-corrected chi connectivity index (χ3v) is 3.87. The first-order valence-electron chi connectivity index (χ1n) is 5.91. The fraction of sp³-hybridized carbons (Fsp3) is 0.143. The van der Waals surface area contributed by atoms with Gasteiger partial charge in [-0.1, -0.05) is 0 Å². The summed E-state index contributed by atoms with van der Waals surface area (Å²) in [5.41, 5.74) is 1.90. The van der Waals surface area contributed by atoms with Crippen LogP contribution in [0.2, 0.25) is 0 Å². The predicted molar refractivity (Wildman–Crippen MR) is 78.3 cm³/mol. The van der Waals surface area contributed by atoms with Crippen LogP contribution in [0, 0.1) is 13.8 Å². The Morgan fingerprint density at radius 1 is 1.16 bits per heavy atom. The third kappa shape index (κ3) is 2.24. The first kappa shape index (κ1) is 11.9. The number of hydrogen-bond acceptors (Lipinski definition) is 5. The number of benzene rings is 1. The van der Waals surface area contributed by atoms with Crippen molar-refractivity contribution in [3.8, 4) is 5.75 Å². The first-order valence-corrected chi connectivity index (χ1v) is 6.73. The molecule has 0 amide bonds. The molecule has 0 fully saturated rings. The van der Waals surface area contributed by atoms with Gasteiger partial charge in [-0.2, -0.15) is 0 Å². The van der Waals surface area contributed by atoms with Crippen molar-refractivity contribution in [3.63, 3.8) is 0 Å². The molecule has 0 aliphatic rings. The van der Waals surface area contributed by atoms with Gasteiger partial charge in [0.15, 0.2) is 0 Å². The Bertz CT molecular complexity index is 752. The lowest BCUT2D eigenvalue weighted by Gasteiger charge is -2.09. The number of phenols is 1. The van der Waals surface area contributed by atoms with Crippen LogP contribution in [0.5, 0.6) is 5.75 Å². The Labute approximate surface area is 114 Å². The van der Waals surface area contributed by atoms with Crippen LogP contribution in [0.15, 0.2) is 30.6 Å². The van der Waals surface area contributed by atoms with E-state index >= 15 is 0 Å². The molecule has 0 saturated heterocycles. The van der Waals surface area contributed by atoms with Gasteiger partial charge < -0.3 is 10.4 Å². The van der Waals surface area contributed by atoms with Gasteiger partial charge in [0.05, 0.1) is 5.39 Å². The normalized spacial score (nSPS) is 10.8. The maximum atomic E-state index is 9.43. The summed E-state index contributed by atoms with van der Waals surface area (Å²) in [5, 5.41) is 13.8. The minimum atomic E-state index is 0.266. The van der Waals surface area contributed by atoms with Crippen LogP contribution in [0.25, 0.3) is 10.2 Å². The molecule has 0 spiro atoms. The van der Waals surface area contributed by atoms with E-state index in [4.69, 9.17) is 0 Å². The van der Waals surface area contributed by atoms with Crippen LogP contribution in [-0.2, 0) is 0 Å². The summed E-state index contributed by atoms with van der Waals surface area (Å²) in [5.74, 6) is 1.06. The second-order valence-electron chi connectivity index (χ2n) is 4.42. The van der Waals surface area contributed by atoms with Gasteiger partial charge in [-0.05, 0) is 43.7 Å². The van der Waals surface area contributed by atoms with E-state index in [9.17, 15) is 5.11 Å². The quantitative estimate of drug-likeness (QED) is 0.697. The predicted octanol–water partition coefficient (Wildman–Crippen LogP) is 3.76. The largest absolute Gasteiger partial charge is 0.508 e. The highest BCUT2D eigenvalue weighted by Crippen LogP contribution is 2.30. The highest BCUT2D eigenvalue weighted by molar-refractivity contribution is 7.18.